The third kappa shape index (κ3) is 5.63. The van der Waals surface area contributed by atoms with Crippen LogP contribution in [0.4, 0.5) is 0 Å². The fourth-order valence-corrected chi connectivity index (χ4v) is 3.05. The maximum Gasteiger partial charge on any atom is 0.124 e. The van der Waals surface area contributed by atoms with Gasteiger partial charge in [0.1, 0.15) is 12.5 Å². The van der Waals surface area contributed by atoms with Crippen molar-refractivity contribution in [3.05, 3.63) is 35.2 Å². The molecule has 0 saturated carbocycles. The van der Waals surface area contributed by atoms with Crippen molar-refractivity contribution in [3.63, 3.8) is 0 Å². The average Bonchev–Trinajstić information content (AvgIpc) is 2.53. The normalized spacial score (nSPS) is 29.9. The van der Waals surface area contributed by atoms with Gasteiger partial charge in [-0.3, -0.25) is 0 Å². The number of nitrogens with one attached hydrogen (secondary N) is 2. The van der Waals surface area contributed by atoms with E-state index in [4.69, 9.17) is 11.5 Å². The predicted molar refractivity (Wildman–Crippen MR) is 96.4 cm³/mol. The van der Waals surface area contributed by atoms with Gasteiger partial charge < -0.3 is 32.3 Å². The van der Waals surface area contributed by atoms with Crippen LogP contribution in [0, 0.1) is 5.92 Å². The zero-order valence-electron chi connectivity index (χ0n) is 14.7. The van der Waals surface area contributed by atoms with E-state index in [0.717, 1.165) is 36.2 Å². The standard InChI is InChI=1S/C18H32N4O2/c1-11-9-13(3-5-15(11)19)21-17(23)7-8-18(24)22-14-4-6-16(20)12(2)10-14/h3,9-10,12,15-18,21-24H,4-8,19-20H2,1-2H3. The van der Waals surface area contributed by atoms with Crippen molar-refractivity contribution >= 4 is 0 Å². The molecule has 5 atom stereocenters. The molecule has 6 nitrogen and oxygen atoms in total. The Hall–Kier alpha value is -1.34. The molecular weight excluding hydrogens is 304 g/mol. The molecule has 8 N–H and O–H groups in total. The number of aliphatic hydroxyl groups excluding tert-OH is 2. The number of hydrogen-bond donors (Lipinski definition) is 6. The second-order valence-electron chi connectivity index (χ2n) is 7.04. The van der Waals surface area contributed by atoms with Crippen LogP contribution in [0.3, 0.4) is 0 Å². The summed E-state index contributed by atoms with van der Waals surface area (Å²) < 4.78 is 0. The Morgan fingerprint density at radius 1 is 1.21 bits per heavy atom. The minimum atomic E-state index is -0.696. The molecule has 24 heavy (non-hydrogen) atoms. The molecular formula is C18H32N4O2. The zero-order valence-corrected chi connectivity index (χ0v) is 14.7. The highest BCUT2D eigenvalue weighted by atomic mass is 16.3. The lowest BCUT2D eigenvalue weighted by atomic mass is 9.90. The zero-order chi connectivity index (χ0) is 17.7. The maximum absolute atomic E-state index is 10.1. The molecule has 5 unspecified atom stereocenters. The molecule has 0 aromatic heterocycles. The largest absolute Gasteiger partial charge is 0.374 e. The molecule has 6 heteroatoms. The van der Waals surface area contributed by atoms with Gasteiger partial charge in [-0.2, -0.15) is 0 Å². The first kappa shape index (κ1) is 19.0. The van der Waals surface area contributed by atoms with Gasteiger partial charge in [0.05, 0.1) is 0 Å². The number of rotatable bonds is 7. The third-order valence-electron chi connectivity index (χ3n) is 4.84. The molecule has 0 aliphatic heterocycles. The van der Waals surface area contributed by atoms with E-state index < -0.39 is 12.5 Å². The van der Waals surface area contributed by atoms with E-state index in [9.17, 15) is 10.2 Å². The Morgan fingerprint density at radius 3 is 2.50 bits per heavy atom. The molecule has 2 aliphatic carbocycles. The van der Waals surface area contributed by atoms with Crippen molar-refractivity contribution in [2.24, 2.45) is 17.4 Å². The molecule has 0 aromatic carbocycles. The highest BCUT2D eigenvalue weighted by molar-refractivity contribution is 5.29. The monoisotopic (exact) mass is 336 g/mol. The van der Waals surface area contributed by atoms with Crippen LogP contribution in [0.5, 0.6) is 0 Å². The second-order valence-corrected chi connectivity index (χ2v) is 7.04. The van der Waals surface area contributed by atoms with Gasteiger partial charge in [0, 0.05) is 23.5 Å². The van der Waals surface area contributed by atoms with Crippen molar-refractivity contribution in [2.45, 2.75) is 70.5 Å². The fraction of sp³-hybridized carbons (Fsp3) is 0.667. The van der Waals surface area contributed by atoms with Crippen molar-refractivity contribution in [2.75, 3.05) is 0 Å². The number of aliphatic hydroxyl groups is 2. The van der Waals surface area contributed by atoms with Gasteiger partial charge in [0.15, 0.2) is 0 Å². The first-order chi connectivity index (χ1) is 11.3. The van der Waals surface area contributed by atoms with Crippen LogP contribution in [0.25, 0.3) is 0 Å². The molecule has 2 aliphatic rings. The van der Waals surface area contributed by atoms with Gasteiger partial charge in [-0.1, -0.05) is 24.6 Å². The smallest absolute Gasteiger partial charge is 0.124 e. The Balaban J connectivity index is 1.72. The van der Waals surface area contributed by atoms with Gasteiger partial charge in [-0.15, -0.1) is 0 Å². The molecule has 136 valence electrons. The Labute approximate surface area is 144 Å². The van der Waals surface area contributed by atoms with Crippen molar-refractivity contribution < 1.29 is 10.2 Å². The van der Waals surface area contributed by atoms with Crippen LogP contribution >= 0.6 is 0 Å². The van der Waals surface area contributed by atoms with E-state index in [-0.39, 0.29) is 12.1 Å². The Morgan fingerprint density at radius 2 is 1.88 bits per heavy atom. The summed E-state index contributed by atoms with van der Waals surface area (Å²) in [4.78, 5) is 0. The molecule has 0 radical (unpaired) electrons. The first-order valence-corrected chi connectivity index (χ1v) is 8.84. The van der Waals surface area contributed by atoms with E-state index >= 15 is 0 Å². The van der Waals surface area contributed by atoms with Crippen LogP contribution < -0.4 is 22.1 Å². The quantitative estimate of drug-likeness (QED) is 0.383. The lowest BCUT2D eigenvalue weighted by Crippen LogP contribution is -2.37. The topological polar surface area (TPSA) is 117 Å². The van der Waals surface area contributed by atoms with Crippen LogP contribution in [-0.4, -0.2) is 34.8 Å². The van der Waals surface area contributed by atoms with Gasteiger partial charge in [-0.25, -0.2) is 0 Å². The summed E-state index contributed by atoms with van der Waals surface area (Å²) in [5, 5.41) is 26.4. The lowest BCUT2D eigenvalue weighted by Gasteiger charge is -2.27. The van der Waals surface area contributed by atoms with Crippen LogP contribution in [0.2, 0.25) is 0 Å². The third-order valence-corrected chi connectivity index (χ3v) is 4.84. The predicted octanol–water partition coefficient (Wildman–Crippen LogP) is 0.785. The average molecular weight is 336 g/mol. The molecule has 0 saturated heterocycles. The summed E-state index contributed by atoms with van der Waals surface area (Å²) >= 11 is 0. The molecule has 2 rings (SSSR count). The molecule has 0 heterocycles. The molecule has 0 bridgehead atoms. The van der Waals surface area contributed by atoms with E-state index in [1.54, 1.807) is 0 Å². The van der Waals surface area contributed by atoms with Gasteiger partial charge in [0.2, 0.25) is 0 Å². The summed E-state index contributed by atoms with van der Waals surface area (Å²) in [6.07, 6.45) is 8.16. The first-order valence-electron chi connectivity index (χ1n) is 8.84. The van der Waals surface area contributed by atoms with E-state index in [1.165, 1.54) is 0 Å². The Kier molecular flexibility index (Phi) is 6.86. The number of hydrogen-bond acceptors (Lipinski definition) is 6. The molecule has 0 aromatic rings. The maximum atomic E-state index is 10.1. The summed E-state index contributed by atoms with van der Waals surface area (Å²) in [5.74, 6) is 0.320. The molecule has 0 fully saturated rings. The summed E-state index contributed by atoms with van der Waals surface area (Å²) in [5.41, 5.74) is 14.9. The van der Waals surface area contributed by atoms with E-state index in [1.807, 2.05) is 19.1 Å². The second kappa shape index (κ2) is 8.67. The van der Waals surface area contributed by atoms with Crippen LogP contribution in [0.1, 0.15) is 46.0 Å². The minimum absolute atomic E-state index is 0.0676. The van der Waals surface area contributed by atoms with Crippen LogP contribution in [0.15, 0.2) is 35.2 Å². The van der Waals surface area contributed by atoms with Gasteiger partial charge >= 0.3 is 0 Å². The lowest BCUT2D eigenvalue weighted by molar-refractivity contribution is 0.0880. The van der Waals surface area contributed by atoms with Gasteiger partial charge in [-0.05, 0) is 51.0 Å². The fourth-order valence-electron chi connectivity index (χ4n) is 3.05. The molecule has 0 spiro atoms. The number of allylic oxidation sites excluding steroid dienone is 2. The highest BCUT2D eigenvalue weighted by Crippen LogP contribution is 2.20. The van der Waals surface area contributed by atoms with Crippen LogP contribution in [-0.2, 0) is 0 Å². The van der Waals surface area contributed by atoms with Crippen molar-refractivity contribution in [1.29, 1.82) is 0 Å². The summed E-state index contributed by atoms with van der Waals surface area (Å²) in [6, 6.07) is 0.269. The number of nitrogens with two attached hydrogens (primary N) is 2. The minimum Gasteiger partial charge on any atom is -0.374 e. The molecule has 0 amide bonds. The van der Waals surface area contributed by atoms with Crippen molar-refractivity contribution in [1.82, 2.24) is 10.6 Å². The summed E-state index contributed by atoms with van der Waals surface area (Å²) in [6.45, 7) is 4.08. The SMILES string of the molecule is CC1=CC(NC(O)CCC(O)NC2=CC(C)C(N)CC2)=CCC1N. The Bertz CT molecular complexity index is 515. The van der Waals surface area contributed by atoms with Crippen molar-refractivity contribution in [3.8, 4) is 0 Å². The van der Waals surface area contributed by atoms with E-state index in [2.05, 4.69) is 23.6 Å². The van der Waals surface area contributed by atoms with E-state index in [0.29, 0.717) is 18.8 Å². The van der Waals surface area contributed by atoms with Gasteiger partial charge in [0.25, 0.3) is 0 Å². The summed E-state index contributed by atoms with van der Waals surface area (Å²) in [7, 11) is 0. The highest BCUT2D eigenvalue weighted by Gasteiger charge is 2.19.